The summed E-state index contributed by atoms with van der Waals surface area (Å²) >= 11 is 18.5. The highest BCUT2D eigenvalue weighted by Crippen LogP contribution is 2.25. The second-order valence-corrected chi connectivity index (χ2v) is 7.81. The molecule has 4 rings (SSSR count). The van der Waals surface area contributed by atoms with Crippen molar-refractivity contribution in [3.63, 3.8) is 0 Å². The summed E-state index contributed by atoms with van der Waals surface area (Å²) in [4.78, 5) is 21.9. The second kappa shape index (κ2) is 7.99. The zero-order valence-corrected chi connectivity index (χ0v) is 17.5. The Morgan fingerprint density at radius 3 is 2.45 bits per heavy atom. The van der Waals surface area contributed by atoms with E-state index in [1.807, 2.05) is 25.1 Å². The molecule has 3 aromatic heterocycles. The first-order chi connectivity index (χ1) is 13.9. The van der Waals surface area contributed by atoms with Crippen LogP contribution in [0.15, 0.2) is 65.8 Å². The van der Waals surface area contributed by atoms with Gasteiger partial charge in [-0.15, -0.1) is 0 Å². The van der Waals surface area contributed by atoms with Crippen LogP contribution in [0.5, 0.6) is 0 Å². The Bertz CT molecular complexity index is 1290. The Labute approximate surface area is 182 Å². The number of hydrogen-bond donors (Lipinski definition) is 0. The molecule has 0 unspecified atom stereocenters. The average Bonchev–Trinajstić information content (AvgIpc) is 2.68. The van der Waals surface area contributed by atoms with E-state index in [9.17, 15) is 4.79 Å². The van der Waals surface area contributed by atoms with Gasteiger partial charge in [-0.25, -0.2) is 4.98 Å². The van der Waals surface area contributed by atoms with Crippen LogP contribution in [-0.2, 0) is 0 Å². The highest BCUT2D eigenvalue weighted by molar-refractivity contribution is 6.35. The van der Waals surface area contributed by atoms with Crippen molar-refractivity contribution in [1.29, 1.82) is 0 Å². The van der Waals surface area contributed by atoms with E-state index in [-0.39, 0.29) is 5.56 Å². The third-order valence-electron chi connectivity index (χ3n) is 4.43. The number of pyridine rings is 3. The van der Waals surface area contributed by atoms with Crippen molar-refractivity contribution in [2.45, 2.75) is 6.92 Å². The van der Waals surface area contributed by atoms with E-state index in [0.29, 0.717) is 32.0 Å². The highest BCUT2D eigenvalue weighted by Gasteiger charge is 2.13. The molecule has 0 aliphatic rings. The number of aromatic nitrogens is 3. The predicted molar refractivity (Wildman–Crippen MR) is 120 cm³/mol. The Hall–Kier alpha value is -2.66. The van der Waals surface area contributed by atoms with Gasteiger partial charge in [-0.2, -0.15) is 0 Å². The number of rotatable bonds is 3. The Kier molecular flexibility index (Phi) is 5.41. The van der Waals surface area contributed by atoms with Crippen LogP contribution in [0.3, 0.4) is 0 Å². The van der Waals surface area contributed by atoms with Crippen LogP contribution in [0, 0.1) is 0 Å². The smallest absolute Gasteiger partial charge is 0.264 e. The van der Waals surface area contributed by atoms with Crippen LogP contribution in [-0.4, -0.2) is 14.5 Å². The molecule has 0 spiro atoms. The summed E-state index contributed by atoms with van der Waals surface area (Å²) < 4.78 is 1.49. The van der Waals surface area contributed by atoms with Gasteiger partial charge in [-0.3, -0.25) is 14.3 Å². The molecular formula is C22H14Cl3N3O. The van der Waals surface area contributed by atoms with Crippen LogP contribution < -0.4 is 5.56 Å². The SMILES string of the molecule is CC(=Cc1cc2cc(Cl)cnc2n(-c2cc(Cl)cc(Cl)c2)c1=O)c1cccnc1. The van der Waals surface area contributed by atoms with Crippen molar-refractivity contribution >= 4 is 57.5 Å². The quantitative estimate of drug-likeness (QED) is 0.374. The largest absolute Gasteiger partial charge is 0.268 e. The molecule has 0 saturated heterocycles. The number of hydrogen-bond acceptors (Lipinski definition) is 3. The number of fused-ring (bicyclic) bond motifs is 1. The molecule has 4 nitrogen and oxygen atoms in total. The van der Waals surface area contributed by atoms with Gasteiger partial charge in [-0.05, 0) is 60.5 Å². The monoisotopic (exact) mass is 441 g/mol. The fourth-order valence-corrected chi connectivity index (χ4v) is 3.80. The Morgan fingerprint density at radius 1 is 1.00 bits per heavy atom. The Morgan fingerprint density at radius 2 is 1.76 bits per heavy atom. The van der Waals surface area contributed by atoms with E-state index in [1.54, 1.807) is 42.7 Å². The van der Waals surface area contributed by atoms with E-state index in [2.05, 4.69) is 9.97 Å². The lowest BCUT2D eigenvalue weighted by Gasteiger charge is -2.13. The maximum absolute atomic E-state index is 13.4. The van der Waals surface area contributed by atoms with Gasteiger partial charge in [-0.1, -0.05) is 40.9 Å². The van der Waals surface area contributed by atoms with Crippen LogP contribution in [0.2, 0.25) is 15.1 Å². The molecule has 0 aliphatic carbocycles. The molecule has 4 aromatic rings. The molecule has 0 atom stereocenters. The van der Waals surface area contributed by atoms with Gasteiger partial charge >= 0.3 is 0 Å². The lowest BCUT2D eigenvalue weighted by atomic mass is 10.1. The summed E-state index contributed by atoms with van der Waals surface area (Å²) in [5.74, 6) is 0. The van der Waals surface area contributed by atoms with Crippen LogP contribution in [0.4, 0.5) is 0 Å². The number of halogens is 3. The molecule has 144 valence electrons. The maximum atomic E-state index is 13.4. The average molecular weight is 443 g/mol. The molecule has 0 bridgehead atoms. The molecule has 0 radical (unpaired) electrons. The number of allylic oxidation sites excluding steroid dienone is 1. The zero-order valence-electron chi connectivity index (χ0n) is 15.2. The second-order valence-electron chi connectivity index (χ2n) is 6.50. The number of nitrogens with zero attached hydrogens (tertiary/aromatic N) is 3. The van der Waals surface area contributed by atoms with E-state index in [1.165, 1.54) is 10.8 Å². The van der Waals surface area contributed by atoms with Gasteiger partial charge in [0, 0.05) is 39.6 Å². The van der Waals surface area contributed by atoms with E-state index in [0.717, 1.165) is 16.5 Å². The lowest BCUT2D eigenvalue weighted by molar-refractivity contribution is 1.01. The minimum absolute atomic E-state index is 0.242. The van der Waals surface area contributed by atoms with Crippen molar-refractivity contribution in [1.82, 2.24) is 14.5 Å². The molecule has 3 heterocycles. The first kappa shape index (κ1) is 19.6. The summed E-state index contributed by atoms with van der Waals surface area (Å²) in [6.07, 6.45) is 6.78. The molecule has 0 saturated carbocycles. The van der Waals surface area contributed by atoms with Gasteiger partial charge < -0.3 is 0 Å². The van der Waals surface area contributed by atoms with E-state index in [4.69, 9.17) is 34.8 Å². The van der Waals surface area contributed by atoms with Gasteiger partial charge in [0.1, 0.15) is 5.65 Å². The summed E-state index contributed by atoms with van der Waals surface area (Å²) in [7, 11) is 0. The molecule has 29 heavy (non-hydrogen) atoms. The van der Waals surface area contributed by atoms with Crippen LogP contribution in [0.1, 0.15) is 18.1 Å². The van der Waals surface area contributed by atoms with Gasteiger partial charge in [0.05, 0.1) is 10.7 Å². The molecule has 0 fully saturated rings. The van der Waals surface area contributed by atoms with Gasteiger partial charge in [0.2, 0.25) is 0 Å². The van der Waals surface area contributed by atoms with E-state index >= 15 is 0 Å². The molecule has 1 aromatic carbocycles. The van der Waals surface area contributed by atoms with Crippen LogP contribution in [0.25, 0.3) is 28.4 Å². The first-order valence-corrected chi connectivity index (χ1v) is 9.82. The molecular weight excluding hydrogens is 429 g/mol. The van der Waals surface area contributed by atoms with Crippen molar-refractivity contribution in [2.24, 2.45) is 0 Å². The van der Waals surface area contributed by atoms with Crippen LogP contribution >= 0.6 is 34.8 Å². The van der Waals surface area contributed by atoms with Gasteiger partial charge in [0.15, 0.2) is 0 Å². The topological polar surface area (TPSA) is 47.8 Å². The fourth-order valence-electron chi connectivity index (χ4n) is 3.12. The van der Waals surface area contributed by atoms with Gasteiger partial charge in [0.25, 0.3) is 5.56 Å². The van der Waals surface area contributed by atoms with Crippen molar-refractivity contribution < 1.29 is 0 Å². The predicted octanol–water partition coefficient (Wildman–Crippen LogP) is 6.30. The molecule has 0 aliphatic heterocycles. The summed E-state index contributed by atoms with van der Waals surface area (Å²) in [6.45, 7) is 1.93. The van der Waals surface area contributed by atoms with Crippen molar-refractivity contribution in [3.8, 4) is 5.69 Å². The highest BCUT2D eigenvalue weighted by atomic mass is 35.5. The minimum Gasteiger partial charge on any atom is -0.268 e. The standard InChI is InChI=1S/C22H14Cl3N3O/c1-13(14-3-2-4-26-11-14)5-16-6-15-7-19(25)12-27-21(15)28(22(16)29)20-9-17(23)8-18(24)10-20/h2-12H,1H3. The van der Waals surface area contributed by atoms with Crippen molar-refractivity contribution in [3.05, 3.63) is 97.6 Å². The normalized spacial score (nSPS) is 11.8. The lowest BCUT2D eigenvalue weighted by Crippen LogP contribution is -2.22. The zero-order chi connectivity index (χ0) is 20.5. The summed E-state index contributed by atoms with van der Waals surface area (Å²) in [5, 5.41) is 2.05. The molecule has 7 heteroatoms. The maximum Gasteiger partial charge on any atom is 0.264 e. The molecule has 0 amide bonds. The third-order valence-corrected chi connectivity index (χ3v) is 5.07. The summed E-state index contributed by atoms with van der Waals surface area (Å²) in [5.41, 5.74) is 3.07. The third kappa shape index (κ3) is 4.06. The number of benzene rings is 1. The fraction of sp³-hybridized carbons (Fsp3) is 0.0455. The summed E-state index contributed by atoms with van der Waals surface area (Å²) in [6, 6.07) is 12.3. The Balaban J connectivity index is 2.02. The molecule has 0 N–H and O–H groups in total. The van der Waals surface area contributed by atoms with Crippen molar-refractivity contribution in [2.75, 3.05) is 0 Å². The van der Waals surface area contributed by atoms with E-state index < -0.39 is 0 Å². The first-order valence-electron chi connectivity index (χ1n) is 8.69. The minimum atomic E-state index is -0.242.